The summed E-state index contributed by atoms with van der Waals surface area (Å²) in [7, 11) is -3.93. The van der Waals surface area contributed by atoms with Crippen molar-refractivity contribution in [3.05, 3.63) is 16.0 Å². The van der Waals surface area contributed by atoms with Crippen LogP contribution in [-0.2, 0) is 27.8 Å². The minimum atomic E-state index is -3.93. The van der Waals surface area contributed by atoms with E-state index in [1.165, 1.54) is 4.31 Å². The smallest absolute Gasteiger partial charge is 0.338 e. The largest absolute Gasteiger partial charge is 0.478 e. The van der Waals surface area contributed by atoms with Crippen molar-refractivity contribution in [1.82, 2.24) is 14.9 Å². The van der Waals surface area contributed by atoms with Crippen LogP contribution in [0.2, 0.25) is 0 Å². The lowest BCUT2D eigenvalue weighted by Gasteiger charge is -2.16. The Balaban J connectivity index is 1.92. The molecule has 25 heavy (non-hydrogen) atoms. The molecule has 1 saturated heterocycles. The molecule has 0 saturated carbocycles. The van der Waals surface area contributed by atoms with E-state index in [2.05, 4.69) is 10.6 Å². The van der Waals surface area contributed by atoms with Gasteiger partial charge in [0.2, 0.25) is 5.91 Å². The zero-order valence-electron chi connectivity index (χ0n) is 13.9. The minimum Gasteiger partial charge on any atom is -0.478 e. The van der Waals surface area contributed by atoms with E-state index in [1.807, 2.05) is 6.92 Å². The summed E-state index contributed by atoms with van der Waals surface area (Å²) < 4.78 is 27.2. The van der Waals surface area contributed by atoms with Crippen molar-refractivity contribution in [3.8, 4) is 0 Å². The van der Waals surface area contributed by atoms with Gasteiger partial charge in [-0.15, -0.1) is 11.3 Å². The fraction of sp³-hybridized carbons (Fsp3) is 0.600. The van der Waals surface area contributed by atoms with Gasteiger partial charge in [0.05, 0.1) is 11.5 Å². The van der Waals surface area contributed by atoms with Gasteiger partial charge in [0.1, 0.15) is 4.21 Å². The predicted octanol–water partition coefficient (Wildman–Crippen LogP) is 0.239. The molecule has 0 bridgehead atoms. The average molecular weight is 387 g/mol. The number of amides is 1. The molecule has 0 aromatic carbocycles. The van der Waals surface area contributed by atoms with Crippen LogP contribution in [-0.4, -0.2) is 55.9 Å². The number of carboxylic acid groups (broad SMARTS) is 1. The van der Waals surface area contributed by atoms with Crippen LogP contribution >= 0.6 is 11.3 Å². The number of nitrogens with one attached hydrogen (secondary N) is 2. The number of fused-ring (bicyclic) bond motifs is 1. The van der Waals surface area contributed by atoms with E-state index in [-0.39, 0.29) is 34.7 Å². The summed E-state index contributed by atoms with van der Waals surface area (Å²) in [6, 6.07) is 0. The van der Waals surface area contributed by atoms with Gasteiger partial charge >= 0.3 is 5.97 Å². The molecule has 3 heterocycles. The van der Waals surface area contributed by atoms with Crippen LogP contribution < -0.4 is 10.6 Å². The zero-order valence-corrected chi connectivity index (χ0v) is 15.5. The SMILES string of the molecule is CCNC(=O)[C@@H]1CCN(S(=O)(=O)c2sc3c(c2C(=O)O)CCNC3)C1. The maximum absolute atomic E-state index is 13.0. The summed E-state index contributed by atoms with van der Waals surface area (Å²) in [6.45, 7) is 3.74. The molecule has 2 aliphatic heterocycles. The van der Waals surface area contributed by atoms with Gasteiger partial charge in [0, 0.05) is 31.1 Å². The molecule has 1 atom stereocenters. The Hall–Kier alpha value is -1.49. The van der Waals surface area contributed by atoms with E-state index >= 15 is 0 Å². The van der Waals surface area contributed by atoms with Gasteiger partial charge < -0.3 is 15.7 Å². The van der Waals surface area contributed by atoms with E-state index in [0.29, 0.717) is 38.0 Å². The normalized spacial score (nSPS) is 21.1. The summed E-state index contributed by atoms with van der Waals surface area (Å²) in [5.41, 5.74) is 0.525. The van der Waals surface area contributed by atoms with Crippen LogP contribution in [0.15, 0.2) is 4.21 Å². The van der Waals surface area contributed by atoms with Crippen molar-refractivity contribution in [2.45, 2.75) is 30.5 Å². The van der Waals surface area contributed by atoms with Crippen molar-refractivity contribution in [2.75, 3.05) is 26.2 Å². The van der Waals surface area contributed by atoms with Crippen molar-refractivity contribution >= 4 is 33.2 Å². The molecular formula is C15H21N3O5S2. The number of thiophene rings is 1. The molecule has 138 valence electrons. The van der Waals surface area contributed by atoms with Gasteiger partial charge in [0.25, 0.3) is 10.0 Å². The number of nitrogens with zero attached hydrogens (tertiary/aromatic N) is 1. The van der Waals surface area contributed by atoms with Crippen LogP contribution in [0.4, 0.5) is 0 Å². The summed E-state index contributed by atoms with van der Waals surface area (Å²) >= 11 is 1.03. The van der Waals surface area contributed by atoms with Gasteiger partial charge in [-0.05, 0) is 31.9 Å². The number of hydrogen-bond acceptors (Lipinski definition) is 6. The second-order valence-electron chi connectivity index (χ2n) is 6.14. The predicted molar refractivity (Wildman–Crippen MR) is 92.2 cm³/mol. The Kier molecular flexibility index (Phi) is 5.14. The molecule has 1 amide bonds. The fourth-order valence-corrected chi connectivity index (χ4v) is 6.81. The van der Waals surface area contributed by atoms with E-state index in [9.17, 15) is 23.1 Å². The second kappa shape index (κ2) is 7.02. The molecule has 1 fully saturated rings. The highest BCUT2D eigenvalue weighted by Crippen LogP contribution is 2.37. The molecule has 2 aliphatic rings. The average Bonchev–Trinajstić information content (AvgIpc) is 3.20. The molecular weight excluding hydrogens is 366 g/mol. The van der Waals surface area contributed by atoms with Crippen LogP contribution in [0, 0.1) is 5.92 Å². The maximum Gasteiger partial charge on any atom is 0.338 e. The van der Waals surface area contributed by atoms with Crippen LogP contribution in [0.5, 0.6) is 0 Å². The highest BCUT2D eigenvalue weighted by Gasteiger charge is 2.40. The standard InChI is InChI=1S/C15H21N3O5S2/c1-2-17-13(19)9-4-6-18(8-9)25(22,23)15-12(14(20)21)10-3-5-16-7-11(10)24-15/h9,16H,2-8H2,1H3,(H,17,19)(H,20,21)/t9-/m1/s1. The lowest BCUT2D eigenvalue weighted by Crippen LogP contribution is -2.34. The first kappa shape index (κ1) is 18.3. The van der Waals surface area contributed by atoms with E-state index in [1.54, 1.807) is 0 Å². The first-order chi connectivity index (χ1) is 11.9. The summed E-state index contributed by atoms with van der Waals surface area (Å²) in [4.78, 5) is 24.4. The first-order valence-corrected chi connectivity index (χ1v) is 10.5. The Morgan fingerprint density at radius 2 is 2.20 bits per heavy atom. The number of aromatic carboxylic acids is 1. The topological polar surface area (TPSA) is 116 Å². The number of carboxylic acids is 1. The monoisotopic (exact) mass is 387 g/mol. The molecule has 0 radical (unpaired) electrons. The molecule has 3 rings (SSSR count). The number of rotatable bonds is 5. The Morgan fingerprint density at radius 1 is 1.44 bits per heavy atom. The third-order valence-corrected chi connectivity index (χ3v) is 8.15. The highest BCUT2D eigenvalue weighted by atomic mass is 32.2. The third kappa shape index (κ3) is 3.31. The second-order valence-corrected chi connectivity index (χ2v) is 9.38. The van der Waals surface area contributed by atoms with Gasteiger partial charge in [-0.3, -0.25) is 4.79 Å². The van der Waals surface area contributed by atoms with Gasteiger partial charge in [0.15, 0.2) is 0 Å². The molecule has 8 nitrogen and oxygen atoms in total. The van der Waals surface area contributed by atoms with Gasteiger partial charge in [-0.25, -0.2) is 13.2 Å². The Bertz CT molecular complexity index is 802. The number of hydrogen-bond donors (Lipinski definition) is 3. The van der Waals surface area contributed by atoms with E-state index in [4.69, 9.17) is 0 Å². The molecule has 0 spiro atoms. The lowest BCUT2D eigenvalue weighted by molar-refractivity contribution is -0.124. The highest BCUT2D eigenvalue weighted by molar-refractivity contribution is 7.91. The van der Waals surface area contributed by atoms with Crippen LogP contribution in [0.3, 0.4) is 0 Å². The number of carbonyl (C=O) groups is 2. The third-order valence-electron chi connectivity index (χ3n) is 4.56. The summed E-state index contributed by atoms with van der Waals surface area (Å²) in [5.74, 6) is -1.76. The van der Waals surface area contributed by atoms with Crippen LogP contribution in [0.25, 0.3) is 0 Å². The van der Waals surface area contributed by atoms with Crippen molar-refractivity contribution in [1.29, 1.82) is 0 Å². The van der Waals surface area contributed by atoms with E-state index in [0.717, 1.165) is 16.2 Å². The molecule has 0 aliphatic carbocycles. The van der Waals surface area contributed by atoms with Gasteiger partial charge in [-0.1, -0.05) is 0 Å². The molecule has 3 N–H and O–H groups in total. The lowest BCUT2D eigenvalue weighted by atomic mass is 10.1. The van der Waals surface area contributed by atoms with Crippen molar-refractivity contribution in [2.24, 2.45) is 5.92 Å². The first-order valence-electron chi connectivity index (χ1n) is 8.22. The molecule has 0 unspecified atom stereocenters. The van der Waals surface area contributed by atoms with Crippen molar-refractivity contribution in [3.63, 3.8) is 0 Å². The fourth-order valence-electron chi connectivity index (χ4n) is 3.30. The van der Waals surface area contributed by atoms with Crippen LogP contribution in [0.1, 0.15) is 34.1 Å². The number of carbonyl (C=O) groups excluding carboxylic acids is 1. The minimum absolute atomic E-state index is 0.0913. The molecule has 10 heteroatoms. The quantitative estimate of drug-likeness (QED) is 0.666. The zero-order chi connectivity index (χ0) is 18.2. The molecule has 1 aromatic heterocycles. The van der Waals surface area contributed by atoms with Gasteiger partial charge in [-0.2, -0.15) is 4.31 Å². The summed E-state index contributed by atoms with van der Waals surface area (Å²) in [6.07, 6.45) is 0.949. The maximum atomic E-state index is 13.0. The number of sulfonamides is 1. The molecule has 1 aromatic rings. The Labute approximate surface area is 150 Å². The summed E-state index contributed by atoms with van der Waals surface area (Å²) in [5, 5.41) is 15.4. The Morgan fingerprint density at radius 3 is 2.88 bits per heavy atom. The van der Waals surface area contributed by atoms with E-state index < -0.39 is 16.0 Å². The van der Waals surface area contributed by atoms with Crippen molar-refractivity contribution < 1.29 is 23.1 Å².